The molecule has 1 aromatic carbocycles. The maximum atomic E-state index is 13.0. The molecule has 39 heavy (non-hydrogen) atoms. The molecule has 4 fully saturated rings. The van der Waals surface area contributed by atoms with Gasteiger partial charge in [0.05, 0.1) is 17.1 Å². The highest BCUT2D eigenvalue weighted by atomic mass is 32.2. The summed E-state index contributed by atoms with van der Waals surface area (Å²) in [6, 6.07) is 6.86. The lowest BCUT2D eigenvalue weighted by atomic mass is 9.43. The van der Waals surface area contributed by atoms with Crippen molar-refractivity contribution in [3.63, 3.8) is 0 Å². The number of hydrogen-bond acceptors (Lipinski definition) is 4. The van der Waals surface area contributed by atoms with Gasteiger partial charge in [0.1, 0.15) is 0 Å². The van der Waals surface area contributed by atoms with Crippen LogP contribution in [-0.2, 0) is 14.3 Å². The number of aryl methyl sites for hydroxylation is 1. The molecule has 4 aliphatic rings. The highest BCUT2D eigenvalue weighted by molar-refractivity contribution is 7.86. The van der Waals surface area contributed by atoms with Crippen molar-refractivity contribution in [2.75, 3.05) is 0 Å². The van der Waals surface area contributed by atoms with Crippen LogP contribution < -0.4 is 0 Å². The normalized spacial score (nSPS) is 41.1. The first kappa shape index (κ1) is 29.6. The van der Waals surface area contributed by atoms with Crippen LogP contribution in [0.3, 0.4) is 0 Å². The molecule has 0 saturated heterocycles. The van der Waals surface area contributed by atoms with E-state index in [-0.39, 0.29) is 10.3 Å². The van der Waals surface area contributed by atoms with Crippen molar-refractivity contribution in [1.29, 1.82) is 0 Å². The first-order valence-electron chi connectivity index (χ1n) is 16.0. The van der Waals surface area contributed by atoms with E-state index < -0.39 is 22.3 Å². The summed E-state index contributed by atoms with van der Waals surface area (Å²) in [6.07, 6.45) is 11.8. The molecule has 0 heterocycles. The zero-order valence-electron chi connectivity index (χ0n) is 25.4. The van der Waals surface area contributed by atoms with Gasteiger partial charge in [-0.3, -0.25) is 4.18 Å². The SMILES string of the molecule is Cc1ccc(S(=O)(=O)O[C@H]2C[C@@H]3CC[C@@H]4[C@H]5CC[C@@H]([C@H](C)CCCC(C)C)[C@]5(C)CC[C@H]4[C@@]3(C)[C@@H](O)C2)cc1. The van der Waals surface area contributed by atoms with E-state index in [2.05, 4.69) is 34.6 Å². The Labute approximate surface area is 238 Å². The van der Waals surface area contributed by atoms with Crippen molar-refractivity contribution < 1.29 is 17.7 Å². The summed E-state index contributed by atoms with van der Waals surface area (Å²) in [4.78, 5) is 0.209. The molecule has 1 N–H and O–H groups in total. The molecule has 0 unspecified atom stereocenters. The summed E-state index contributed by atoms with van der Waals surface area (Å²) in [7, 11) is -3.84. The maximum absolute atomic E-state index is 13.0. The average molecular weight is 559 g/mol. The third-order valence-electron chi connectivity index (χ3n) is 12.5. The molecule has 5 heteroatoms. The minimum atomic E-state index is -3.84. The molecule has 0 bridgehead atoms. The minimum absolute atomic E-state index is 0.140. The van der Waals surface area contributed by atoms with Gasteiger partial charge in [-0.05, 0) is 116 Å². The fourth-order valence-electron chi connectivity index (χ4n) is 10.3. The van der Waals surface area contributed by atoms with Crippen molar-refractivity contribution in [2.24, 2.45) is 52.3 Å². The molecule has 0 aromatic heterocycles. The monoisotopic (exact) mass is 558 g/mol. The standard InChI is InChI=1S/C34H54O4S/c1-22(2)8-7-9-24(4)29-16-17-30-28-15-12-25-20-26(38-39(36,37)27-13-10-23(3)11-14-27)21-32(35)34(25,6)31(28)18-19-33(29,30)5/h10-11,13-14,22,24-26,28-32,35H,7-9,12,15-21H2,1-6H3/t24-,25+,26+,28-,29+,30-,31-,32+,33+,34+/m1/s1. The van der Waals surface area contributed by atoms with Gasteiger partial charge in [-0.25, -0.2) is 0 Å². The Morgan fingerprint density at radius 3 is 2.36 bits per heavy atom. The van der Waals surface area contributed by atoms with Crippen molar-refractivity contribution in [3.8, 4) is 0 Å². The summed E-state index contributed by atoms with van der Waals surface area (Å²) >= 11 is 0. The van der Waals surface area contributed by atoms with E-state index in [0.717, 1.165) is 42.1 Å². The molecule has 0 aliphatic heterocycles. The van der Waals surface area contributed by atoms with Crippen LogP contribution in [-0.4, -0.2) is 25.7 Å². The molecule has 4 nitrogen and oxygen atoms in total. The lowest BCUT2D eigenvalue weighted by molar-refractivity contribution is -0.179. The zero-order chi connectivity index (χ0) is 28.2. The number of hydrogen-bond donors (Lipinski definition) is 1. The third kappa shape index (κ3) is 5.39. The molecule has 220 valence electrons. The molecule has 1 aromatic rings. The van der Waals surface area contributed by atoms with E-state index in [9.17, 15) is 13.5 Å². The first-order chi connectivity index (χ1) is 18.4. The van der Waals surface area contributed by atoms with Crippen LogP contribution in [0, 0.1) is 59.2 Å². The van der Waals surface area contributed by atoms with E-state index in [0.29, 0.717) is 29.6 Å². The maximum Gasteiger partial charge on any atom is 0.297 e. The van der Waals surface area contributed by atoms with E-state index in [1.165, 1.54) is 51.4 Å². The van der Waals surface area contributed by atoms with Gasteiger partial charge in [0, 0.05) is 6.42 Å². The molecule has 0 radical (unpaired) electrons. The number of aliphatic hydroxyl groups excluding tert-OH is 1. The summed E-state index contributed by atoms with van der Waals surface area (Å²) in [5.41, 5.74) is 1.32. The highest BCUT2D eigenvalue weighted by Gasteiger charge is 2.62. The van der Waals surface area contributed by atoms with Crippen molar-refractivity contribution in [3.05, 3.63) is 29.8 Å². The topological polar surface area (TPSA) is 63.6 Å². The van der Waals surface area contributed by atoms with Gasteiger partial charge >= 0.3 is 0 Å². The Kier molecular flexibility index (Phi) is 8.39. The van der Waals surface area contributed by atoms with Crippen LogP contribution in [0.1, 0.15) is 111 Å². The van der Waals surface area contributed by atoms with Crippen LogP contribution in [0.15, 0.2) is 29.2 Å². The molecule has 10 atom stereocenters. The van der Waals surface area contributed by atoms with Crippen molar-refractivity contribution >= 4 is 10.1 Å². The summed E-state index contributed by atoms with van der Waals surface area (Å²) in [5, 5.41) is 11.7. The Hall–Kier alpha value is -0.910. The summed E-state index contributed by atoms with van der Waals surface area (Å²) < 4.78 is 31.8. The average Bonchev–Trinajstić information content (AvgIpc) is 3.22. The van der Waals surface area contributed by atoms with Crippen LogP contribution in [0.5, 0.6) is 0 Å². The van der Waals surface area contributed by atoms with Gasteiger partial charge in [0.15, 0.2) is 0 Å². The Balaban J connectivity index is 1.27. The second kappa shape index (κ2) is 11.1. The van der Waals surface area contributed by atoms with Gasteiger partial charge in [-0.15, -0.1) is 0 Å². The number of rotatable bonds is 8. The van der Waals surface area contributed by atoms with Gasteiger partial charge < -0.3 is 5.11 Å². The molecule has 5 rings (SSSR count). The number of fused-ring (bicyclic) bond motifs is 5. The lowest BCUT2D eigenvalue weighted by Crippen LogP contribution is -2.59. The smallest absolute Gasteiger partial charge is 0.297 e. The lowest BCUT2D eigenvalue weighted by Gasteiger charge is -2.62. The van der Waals surface area contributed by atoms with Crippen molar-refractivity contribution in [2.45, 2.75) is 129 Å². The molecule has 0 amide bonds. The second-order valence-corrected chi connectivity index (χ2v) is 16.6. The second-order valence-electron chi connectivity index (χ2n) is 15.0. The van der Waals surface area contributed by atoms with Crippen LogP contribution >= 0.6 is 0 Å². The van der Waals surface area contributed by atoms with Gasteiger partial charge in [-0.2, -0.15) is 8.42 Å². The highest BCUT2D eigenvalue weighted by Crippen LogP contribution is 2.68. The minimum Gasteiger partial charge on any atom is -0.392 e. The van der Waals surface area contributed by atoms with E-state index >= 15 is 0 Å². The van der Waals surface area contributed by atoms with E-state index in [1.807, 2.05) is 6.92 Å². The molecule has 0 spiro atoms. The predicted molar refractivity (Wildman–Crippen MR) is 158 cm³/mol. The predicted octanol–water partition coefficient (Wildman–Crippen LogP) is 8.16. The molecular formula is C34H54O4S. The number of benzene rings is 1. The Morgan fingerprint density at radius 1 is 0.949 bits per heavy atom. The van der Waals surface area contributed by atoms with Crippen LogP contribution in [0.25, 0.3) is 0 Å². The number of aliphatic hydroxyl groups is 1. The Bertz CT molecular complexity index is 1100. The summed E-state index contributed by atoms with van der Waals surface area (Å²) in [5.74, 6) is 4.75. The van der Waals surface area contributed by atoms with Gasteiger partial charge in [-0.1, -0.05) is 71.6 Å². The molecular weight excluding hydrogens is 504 g/mol. The van der Waals surface area contributed by atoms with E-state index in [4.69, 9.17) is 4.18 Å². The Morgan fingerprint density at radius 2 is 1.67 bits per heavy atom. The third-order valence-corrected chi connectivity index (χ3v) is 13.9. The van der Waals surface area contributed by atoms with Gasteiger partial charge in [0.2, 0.25) is 0 Å². The zero-order valence-corrected chi connectivity index (χ0v) is 26.2. The molecule has 4 saturated carbocycles. The van der Waals surface area contributed by atoms with Crippen LogP contribution in [0.4, 0.5) is 0 Å². The quantitative estimate of drug-likeness (QED) is 0.327. The fourth-order valence-corrected chi connectivity index (χ4v) is 11.4. The van der Waals surface area contributed by atoms with Crippen molar-refractivity contribution in [1.82, 2.24) is 0 Å². The largest absolute Gasteiger partial charge is 0.392 e. The van der Waals surface area contributed by atoms with E-state index in [1.54, 1.807) is 24.3 Å². The fraction of sp³-hybridized carbons (Fsp3) is 0.824. The van der Waals surface area contributed by atoms with Gasteiger partial charge in [0.25, 0.3) is 10.1 Å². The summed E-state index contributed by atoms with van der Waals surface area (Å²) in [6.45, 7) is 14.1. The first-order valence-corrected chi connectivity index (χ1v) is 17.4. The van der Waals surface area contributed by atoms with Crippen LogP contribution in [0.2, 0.25) is 0 Å². The molecule has 4 aliphatic carbocycles.